The van der Waals surface area contributed by atoms with Crippen LogP contribution in [0.2, 0.25) is 0 Å². The number of carbonyl (C=O) groups excluding carboxylic acids is 1. The minimum Gasteiger partial charge on any atom is -0.474 e. The summed E-state index contributed by atoms with van der Waals surface area (Å²) in [4.78, 5) is 25.4. The Morgan fingerprint density at radius 2 is 2.10 bits per heavy atom. The molecule has 0 aliphatic heterocycles. The van der Waals surface area contributed by atoms with Crippen LogP contribution < -0.4 is 15.4 Å². The number of urea groups is 1. The van der Waals surface area contributed by atoms with Gasteiger partial charge in [0.1, 0.15) is 16.5 Å². The normalized spacial score (nSPS) is 14.7. The summed E-state index contributed by atoms with van der Waals surface area (Å²) in [6.07, 6.45) is 7.07. The number of hydrogen-bond donors (Lipinski definition) is 2. The number of carbonyl (C=O) groups is 1. The highest BCUT2D eigenvalue weighted by atomic mass is 32.1. The highest BCUT2D eigenvalue weighted by molar-refractivity contribution is 7.22. The summed E-state index contributed by atoms with van der Waals surface area (Å²) in [5, 5.41) is 5.84. The van der Waals surface area contributed by atoms with Gasteiger partial charge in [-0.1, -0.05) is 17.8 Å². The summed E-state index contributed by atoms with van der Waals surface area (Å²) in [5.74, 6) is -0.0503. The van der Waals surface area contributed by atoms with Gasteiger partial charge in [-0.25, -0.2) is 19.7 Å². The third-order valence-corrected chi connectivity index (χ3v) is 5.66. The quantitative estimate of drug-likeness (QED) is 0.587. The summed E-state index contributed by atoms with van der Waals surface area (Å²) in [6.45, 7) is 2.37. The number of nitrogens with one attached hydrogen (secondary N) is 2. The van der Waals surface area contributed by atoms with E-state index in [0.29, 0.717) is 39.0 Å². The van der Waals surface area contributed by atoms with Crippen LogP contribution in [-0.4, -0.2) is 33.6 Å². The minimum absolute atomic E-state index is 0.113. The molecule has 4 rings (SSSR count). The number of anilines is 1. The Kier molecular flexibility index (Phi) is 5.84. The van der Waals surface area contributed by atoms with Crippen molar-refractivity contribution in [2.75, 3.05) is 11.9 Å². The first-order valence-corrected chi connectivity index (χ1v) is 10.6. The van der Waals surface area contributed by atoms with Crippen molar-refractivity contribution in [2.45, 2.75) is 45.1 Å². The summed E-state index contributed by atoms with van der Waals surface area (Å²) >= 11 is 1.28. The Bertz CT molecular complexity index is 1000. The molecule has 0 unspecified atom stereocenters. The second kappa shape index (κ2) is 8.69. The number of thiazole rings is 1. The SMILES string of the molecule is CCNC(=O)Nc1nc2cc(-c3ccc(F)nc3)c(OC3CCCCC3)nc2s1. The molecule has 3 aromatic rings. The van der Waals surface area contributed by atoms with Crippen molar-refractivity contribution in [3.05, 3.63) is 30.3 Å². The van der Waals surface area contributed by atoms with Crippen molar-refractivity contribution in [2.24, 2.45) is 0 Å². The van der Waals surface area contributed by atoms with E-state index in [1.165, 1.54) is 30.0 Å². The van der Waals surface area contributed by atoms with Crippen LogP contribution in [-0.2, 0) is 0 Å². The van der Waals surface area contributed by atoms with Gasteiger partial charge in [-0.3, -0.25) is 5.32 Å². The maximum absolute atomic E-state index is 13.3. The lowest BCUT2D eigenvalue weighted by atomic mass is 9.98. The Balaban J connectivity index is 1.71. The molecular formula is C20H22FN5O2S. The van der Waals surface area contributed by atoms with E-state index in [-0.39, 0.29) is 12.1 Å². The van der Waals surface area contributed by atoms with Crippen LogP contribution in [0.4, 0.5) is 14.3 Å². The fourth-order valence-corrected chi connectivity index (χ4v) is 4.19. The van der Waals surface area contributed by atoms with Gasteiger partial charge in [-0.15, -0.1) is 0 Å². The van der Waals surface area contributed by atoms with Gasteiger partial charge in [0.15, 0.2) is 5.13 Å². The molecule has 0 spiro atoms. The molecule has 1 saturated carbocycles. The third-order valence-electron chi connectivity index (χ3n) is 4.78. The zero-order chi connectivity index (χ0) is 20.2. The molecular weight excluding hydrogens is 393 g/mol. The Labute approximate surface area is 171 Å². The van der Waals surface area contributed by atoms with Crippen LogP contribution in [0.15, 0.2) is 24.4 Å². The van der Waals surface area contributed by atoms with Crippen molar-refractivity contribution in [1.29, 1.82) is 0 Å². The molecule has 0 bridgehead atoms. The number of hydrogen-bond acceptors (Lipinski definition) is 6. The van der Waals surface area contributed by atoms with Crippen LogP contribution in [0.5, 0.6) is 5.88 Å². The van der Waals surface area contributed by atoms with E-state index in [4.69, 9.17) is 4.74 Å². The van der Waals surface area contributed by atoms with Gasteiger partial charge in [-0.2, -0.15) is 4.39 Å². The number of aromatic nitrogens is 3. The zero-order valence-corrected chi connectivity index (χ0v) is 16.9. The molecule has 9 heteroatoms. The van der Waals surface area contributed by atoms with Gasteiger partial charge in [0.25, 0.3) is 0 Å². The standard InChI is InChI=1S/C20H22FN5O2S/c1-2-22-19(27)26-20-24-15-10-14(12-8-9-16(21)23-11-12)17(25-18(15)29-20)28-13-6-4-3-5-7-13/h8-11,13H,2-7H2,1H3,(H2,22,24,26,27). The largest absolute Gasteiger partial charge is 0.474 e. The highest BCUT2D eigenvalue weighted by Crippen LogP contribution is 2.36. The fraction of sp³-hybridized carbons (Fsp3) is 0.400. The van der Waals surface area contributed by atoms with Gasteiger partial charge < -0.3 is 10.1 Å². The van der Waals surface area contributed by atoms with E-state index in [0.717, 1.165) is 25.7 Å². The molecule has 0 radical (unpaired) electrons. The van der Waals surface area contributed by atoms with Crippen molar-refractivity contribution >= 4 is 32.8 Å². The molecule has 7 nitrogen and oxygen atoms in total. The molecule has 1 aliphatic rings. The van der Waals surface area contributed by atoms with E-state index in [1.54, 1.807) is 6.07 Å². The first-order chi connectivity index (χ1) is 14.1. The number of nitrogens with zero attached hydrogens (tertiary/aromatic N) is 3. The molecule has 2 N–H and O–H groups in total. The first-order valence-electron chi connectivity index (χ1n) is 9.77. The van der Waals surface area contributed by atoms with E-state index < -0.39 is 5.95 Å². The number of fused-ring (bicyclic) bond motifs is 1. The monoisotopic (exact) mass is 415 g/mol. The van der Waals surface area contributed by atoms with Gasteiger partial charge >= 0.3 is 6.03 Å². The fourth-order valence-electron chi connectivity index (χ4n) is 3.38. The number of amides is 2. The van der Waals surface area contributed by atoms with E-state index in [9.17, 15) is 9.18 Å². The van der Waals surface area contributed by atoms with Crippen LogP contribution in [0.3, 0.4) is 0 Å². The van der Waals surface area contributed by atoms with Crippen molar-refractivity contribution in [3.8, 4) is 17.0 Å². The van der Waals surface area contributed by atoms with Gasteiger partial charge in [-0.05, 0) is 50.8 Å². The maximum Gasteiger partial charge on any atom is 0.321 e. The van der Waals surface area contributed by atoms with Crippen molar-refractivity contribution in [3.63, 3.8) is 0 Å². The number of pyridine rings is 2. The van der Waals surface area contributed by atoms with Gasteiger partial charge in [0.05, 0.1) is 0 Å². The molecule has 3 aromatic heterocycles. The van der Waals surface area contributed by atoms with E-state index in [1.807, 2.05) is 13.0 Å². The maximum atomic E-state index is 13.3. The molecule has 3 heterocycles. The van der Waals surface area contributed by atoms with Gasteiger partial charge in [0.2, 0.25) is 11.8 Å². The van der Waals surface area contributed by atoms with Crippen LogP contribution >= 0.6 is 11.3 Å². The minimum atomic E-state index is -0.542. The number of ether oxygens (including phenoxy) is 1. The lowest BCUT2D eigenvalue weighted by molar-refractivity contribution is 0.150. The average Bonchev–Trinajstić information content (AvgIpc) is 3.10. The summed E-state index contributed by atoms with van der Waals surface area (Å²) in [7, 11) is 0. The molecule has 0 saturated heterocycles. The molecule has 0 aromatic carbocycles. The zero-order valence-electron chi connectivity index (χ0n) is 16.1. The molecule has 1 aliphatic carbocycles. The van der Waals surface area contributed by atoms with Crippen LogP contribution in [0.25, 0.3) is 21.5 Å². The van der Waals surface area contributed by atoms with E-state index in [2.05, 4.69) is 25.6 Å². The Hall–Kier alpha value is -2.81. The number of halogens is 1. The molecule has 29 heavy (non-hydrogen) atoms. The number of rotatable bonds is 5. The smallest absolute Gasteiger partial charge is 0.321 e. The predicted molar refractivity (Wildman–Crippen MR) is 111 cm³/mol. The Morgan fingerprint density at radius 3 is 2.83 bits per heavy atom. The third kappa shape index (κ3) is 4.61. The summed E-state index contributed by atoms with van der Waals surface area (Å²) in [6, 6.07) is 4.51. The predicted octanol–water partition coefficient (Wildman–Crippen LogP) is 4.75. The van der Waals surface area contributed by atoms with Crippen LogP contribution in [0, 0.1) is 5.95 Å². The Morgan fingerprint density at radius 1 is 1.28 bits per heavy atom. The summed E-state index contributed by atoms with van der Waals surface area (Å²) < 4.78 is 19.6. The highest BCUT2D eigenvalue weighted by Gasteiger charge is 2.20. The van der Waals surface area contributed by atoms with Crippen molar-refractivity contribution in [1.82, 2.24) is 20.3 Å². The van der Waals surface area contributed by atoms with Gasteiger partial charge in [0, 0.05) is 23.9 Å². The average molecular weight is 415 g/mol. The molecule has 152 valence electrons. The second-order valence-electron chi connectivity index (χ2n) is 6.92. The lowest BCUT2D eigenvalue weighted by Gasteiger charge is -2.23. The lowest BCUT2D eigenvalue weighted by Crippen LogP contribution is -2.28. The van der Waals surface area contributed by atoms with Crippen LogP contribution in [0.1, 0.15) is 39.0 Å². The molecule has 2 amide bonds. The second-order valence-corrected chi connectivity index (χ2v) is 7.89. The topological polar surface area (TPSA) is 89.0 Å². The molecule has 0 atom stereocenters. The first kappa shape index (κ1) is 19.5. The van der Waals surface area contributed by atoms with Crippen molar-refractivity contribution < 1.29 is 13.9 Å². The molecule has 1 fully saturated rings. The van der Waals surface area contributed by atoms with E-state index >= 15 is 0 Å². The summed E-state index contributed by atoms with van der Waals surface area (Å²) in [5.41, 5.74) is 2.06.